The van der Waals surface area contributed by atoms with Gasteiger partial charge in [0.15, 0.2) is 13.6 Å². The van der Waals surface area contributed by atoms with Crippen LogP contribution >= 0.6 is 7.82 Å². The Kier molecular flexibility index (Phi) is 9.15. The molecule has 0 unspecified atom stereocenters. The number of phosphoric acid groups is 1. The van der Waals surface area contributed by atoms with E-state index in [4.69, 9.17) is 10.2 Å². The fraction of sp³-hybridized carbons (Fsp3) is 1.00. The second-order valence-electron chi connectivity index (χ2n) is 0.964. The number of hydrogen-bond acceptors (Lipinski definition) is 6. The summed E-state index contributed by atoms with van der Waals surface area (Å²) >= 11 is 0. The van der Waals surface area contributed by atoms with Gasteiger partial charge in [-0.2, -0.15) is 0 Å². The van der Waals surface area contributed by atoms with E-state index < -0.39 is 21.4 Å². The molecule has 0 bridgehead atoms. The van der Waals surface area contributed by atoms with Gasteiger partial charge in [0, 0.05) is 0 Å². The van der Waals surface area contributed by atoms with E-state index in [1.165, 1.54) is 0 Å². The molecule has 0 aliphatic rings. The summed E-state index contributed by atoms with van der Waals surface area (Å²) in [6, 6.07) is 0. The predicted molar refractivity (Wildman–Crippen MR) is 23.9 cm³/mol. The minimum Gasteiger partial charge on any atom is -0.756 e. The van der Waals surface area contributed by atoms with Crippen molar-refractivity contribution in [3.8, 4) is 0 Å². The number of aliphatic hydroxyl groups excluding tert-OH is 2. The number of rotatable bonds is 4. The SMILES string of the molecule is O=P([O-])(OCO)OCO.[Na+]. The zero-order valence-corrected chi connectivity index (χ0v) is 8.28. The topological polar surface area (TPSA) is 99.1 Å². The van der Waals surface area contributed by atoms with E-state index in [0.29, 0.717) is 0 Å². The van der Waals surface area contributed by atoms with Crippen LogP contribution in [-0.2, 0) is 13.6 Å². The van der Waals surface area contributed by atoms with Gasteiger partial charge in [0.2, 0.25) is 0 Å². The second-order valence-corrected chi connectivity index (χ2v) is 2.37. The van der Waals surface area contributed by atoms with Gasteiger partial charge < -0.3 is 15.1 Å². The van der Waals surface area contributed by atoms with Crippen LogP contribution in [0.1, 0.15) is 0 Å². The maximum absolute atomic E-state index is 10.1. The fourth-order valence-electron chi connectivity index (χ4n) is 0.179. The van der Waals surface area contributed by atoms with Crippen molar-refractivity contribution in [3.05, 3.63) is 0 Å². The minimum atomic E-state index is -4.44. The van der Waals surface area contributed by atoms with Crippen molar-refractivity contribution in [1.82, 2.24) is 0 Å². The maximum atomic E-state index is 10.1. The summed E-state index contributed by atoms with van der Waals surface area (Å²) in [6.45, 7) is -1.97. The van der Waals surface area contributed by atoms with Crippen LogP contribution in [-0.4, -0.2) is 23.8 Å². The standard InChI is InChI=1S/C2H7O6P.Na/c3-1-7-9(5,6)8-2-4;/h3-4H,1-2H2,(H,5,6);/q;+1/p-1. The van der Waals surface area contributed by atoms with Crippen LogP contribution in [0.3, 0.4) is 0 Å². The molecule has 0 saturated carbocycles. The first-order valence-electron chi connectivity index (χ1n) is 1.94. The first kappa shape index (κ1) is 13.6. The summed E-state index contributed by atoms with van der Waals surface area (Å²) in [5, 5.41) is 15.7. The Balaban J connectivity index is 0. The van der Waals surface area contributed by atoms with Crippen molar-refractivity contribution in [2.24, 2.45) is 0 Å². The van der Waals surface area contributed by atoms with Gasteiger partial charge in [0.25, 0.3) is 7.82 Å². The molecule has 0 saturated heterocycles. The Morgan fingerprint density at radius 3 is 1.80 bits per heavy atom. The summed E-state index contributed by atoms with van der Waals surface area (Å²) in [5.41, 5.74) is 0. The first-order chi connectivity index (χ1) is 4.12. The molecule has 0 aliphatic carbocycles. The minimum absolute atomic E-state index is 0. The van der Waals surface area contributed by atoms with E-state index in [1.807, 2.05) is 0 Å². The molecular weight excluding hydrogens is 174 g/mol. The van der Waals surface area contributed by atoms with Gasteiger partial charge in [0.1, 0.15) is 0 Å². The summed E-state index contributed by atoms with van der Waals surface area (Å²) in [5.74, 6) is 0. The van der Waals surface area contributed by atoms with Gasteiger partial charge in [-0.15, -0.1) is 0 Å². The zero-order chi connectivity index (χ0) is 7.33. The van der Waals surface area contributed by atoms with Gasteiger partial charge in [-0.1, -0.05) is 0 Å². The van der Waals surface area contributed by atoms with E-state index in [-0.39, 0.29) is 29.6 Å². The average molecular weight is 180 g/mol. The molecule has 0 rings (SSSR count). The molecule has 0 heterocycles. The number of aliphatic hydroxyl groups is 2. The van der Waals surface area contributed by atoms with Crippen molar-refractivity contribution in [2.45, 2.75) is 0 Å². The smallest absolute Gasteiger partial charge is 0.756 e. The molecule has 2 N–H and O–H groups in total. The molecule has 8 heteroatoms. The van der Waals surface area contributed by atoms with Crippen molar-refractivity contribution < 1.29 is 58.3 Å². The molecule has 0 amide bonds. The molecule has 0 radical (unpaired) electrons. The quantitative estimate of drug-likeness (QED) is 0.256. The van der Waals surface area contributed by atoms with E-state index >= 15 is 0 Å². The molecule has 0 aromatic carbocycles. The average Bonchev–Trinajstić information content (AvgIpc) is 1.64. The maximum Gasteiger partial charge on any atom is 1.00 e. The van der Waals surface area contributed by atoms with Crippen molar-refractivity contribution in [2.75, 3.05) is 13.6 Å². The number of phosphoric ester groups is 1. The van der Waals surface area contributed by atoms with Gasteiger partial charge >= 0.3 is 29.6 Å². The van der Waals surface area contributed by atoms with E-state index in [9.17, 15) is 9.46 Å². The molecule has 0 spiro atoms. The van der Waals surface area contributed by atoms with Gasteiger partial charge in [-0.05, 0) is 0 Å². The molecule has 0 aromatic rings. The predicted octanol–water partition coefficient (Wildman–Crippen LogP) is -4.61. The molecule has 0 aliphatic heterocycles. The molecule has 0 aromatic heterocycles. The Labute approximate surface area is 79.7 Å². The van der Waals surface area contributed by atoms with E-state index in [0.717, 1.165) is 0 Å². The van der Waals surface area contributed by atoms with Crippen LogP contribution in [0.2, 0.25) is 0 Å². The molecule has 0 atom stereocenters. The third kappa shape index (κ3) is 7.14. The van der Waals surface area contributed by atoms with Gasteiger partial charge in [0.05, 0.1) is 0 Å². The first-order valence-corrected chi connectivity index (χ1v) is 3.40. The van der Waals surface area contributed by atoms with Crippen LogP contribution < -0.4 is 34.5 Å². The molecular formula is C2H6NaO6P. The summed E-state index contributed by atoms with van der Waals surface area (Å²) in [7, 11) is -4.44. The van der Waals surface area contributed by atoms with Crippen molar-refractivity contribution >= 4 is 7.82 Å². The van der Waals surface area contributed by atoms with Gasteiger partial charge in [-0.25, -0.2) is 0 Å². The largest absolute Gasteiger partial charge is 1.00 e. The van der Waals surface area contributed by atoms with Crippen LogP contribution in [0.25, 0.3) is 0 Å². The molecule has 0 fully saturated rings. The molecule has 10 heavy (non-hydrogen) atoms. The number of hydrogen-bond donors (Lipinski definition) is 2. The summed E-state index contributed by atoms with van der Waals surface area (Å²) < 4.78 is 17.4. The Morgan fingerprint density at radius 2 is 1.60 bits per heavy atom. The Bertz CT molecular complexity index is 106. The van der Waals surface area contributed by atoms with Crippen molar-refractivity contribution in [1.29, 1.82) is 0 Å². The fourth-order valence-corrected chi connectivity index (χ4v) is 0.536. The van der Waals surface area contributed by atoms with Crippen molar-refractivity contribution in [3.63, 3.8) is 0 Å². The van der Waals surface area contributed by atoms with E-state index in [2.05, 4.69) is 9.05 Å². The van der Waals surface area contributed by atoms with Crippen LogP contribution in [0.5, 0.6) is 0 Å². The summed E-state index contributed by atoms with van der Waals surface area (Å²) in [4.78, 5) is 10.1. The molecule has 56 valence electrons. The van der Waals surface area contributed by atoms with Crippen LogP contribution in [0.15, 0.2) is 0 Å². The summed E-state index contributed by atoms with van der Waals surface area (Å²) in [6.07, 6.45) is 0. The second kappa shape index (κ2) is 6.72. The van der Waals surface area contributed by atoms with E-state index in [1.54, 1.807) is 0 Å². The monoisotopic (exact) mass is 180 g/mol. The normalized spacial score (nSPS) is 10.7. The third-order valence-electron chi connectivity index (χ3n) is 0.432. The Morgan fingerprint density at radius 1 is 1.30 bits per heavy atom. The zero-order valence-electron chi connectivity index (χ0n) is 5.39. The molecule has 6 nitrogen and oxygen atoms in total. The van der Waals surface area contributed by atoms with Crippen LogP contribution in [0, 0.1) is 0 Å². The van der Waals surface area contributed by atoms with Crippen LogP contribution in [0.4, 0.5) is 0 Å². The Hall–Kier alpha value is 1.03. The van der Waals surface area contributed by atoms with Gasteiger partial charge in [-0.3, -0.25) is 13.6 Å². The third-order valence-corrected chi connectivity index (χ3v) is 1.30.